The molecule has 0 aliphatic carbocycles. The van der Waals surface area contributed by atoms with Crippen LogP contribution in [0.4, 0.5) is 13.2 Å². The molecule has 1 fully saturated rings. The molecule has 1 saturated heterocycles. The SMILES string of the molecule is CCc1cc(C(F)(F)F)n2nc([C@H]3CCCCN3C(=O)c3snnc3C)cc2n1. The molecule has 154 valence electrons. The molecule has 0 radical (unpaired) electrons. The zero-order valence-electron chi connectivity index (χ0n) is 15.9. The first-order valence-electron chi connectivity index (χ1n) is 9.36. The molecule has 3 aromatic heterocycles. The highest BCUT2D eigenvalue weighted by Crippen LogP contribution is 2.35. The van der Waals surface area contributed by atoms with Crippen LogP contribution in [0.5, 0.6) is 0 Å². The van der Waals surface area contributed by atoms with Crippen LogP contribution in [0.2, 0.25) is 0 Å². The Balaban J connectivity index is 1.78. The number of likely N-dealkylation sites (tertiary alicyclic amines) is 1. The predicted octanol–water partition coefficient (Wildman–Crippen LogP) is 3.84. The fraction of sp³-hybridized carbons (Fsp3) is 0.500. The van der Waals surface area contributed by atoms with Crippen molar-refractivity contribution in [2.24, 2.45) is 0 Å². The van der Waals surface area contributed by atoms with Crippen molar-refractivity contribution < 1.29 is 18.0 Å². The van der Waals surface area contributed by atoms with Gasteiger partial charge in [0.15, 0.2) is 5.65 Å². The van der Waals surface area contributed by atoms with Gasteiger partial charge in [0.05, 0.1) is 17.4 Å². The van der Waals surface area contributed by atoms with Gasteiger partial charge in [-0.15, -0.1) is 5.10 Å². The van der Waals surface area contributed by atoms with E-state index in [-0.39, 0.29) is 11.6 Å². The number of aryl methyl sites for hydroxylation is 2. The second-order valence-electron chi connectivity index (χ2n) is 7.02. The smallest absolute Gasteiger partial charge is 0.329 e. The summed E-state index contributed by atoms with van der Waals surface area (Å²) >= 11 is 1.03. The number of fused-ring (bicyclic) bond motifs is 1. The Morgan fingerprint density at radius 1 is 1.31 bits per heavy atom. The molecular formula is C18H19F3N6OS. The molecule has 0 spiro atoms. The van der Waals surface area contributed by atoms with Crippen LogP contribution >= 0.6 is 11.5 Å². The molecule has 11 heteroatoms. The van der Waals surface area contributed by atoms with Gasteiger partial charge in [-0.2, -0.15) is 18.3 Å². The quantitative estimate of drug-likeness (QED) is 0.639. The van der Waals surface area contributed by atoms with E-state index in [2.05, 4.69) is 19.7 Å². The predicted molar refractivity (Wildman–Crippen MR) is 99.6 cm³/mol. The van der Waals surface area contributed by atoms with Crippen LogP contribution in [0, 0.1) is 6.92 Å². The van der Waals surface area contributed by atoms with Gasteiger partial charge in [-0.05, 0) is 50.2 Å². The molecule has 4 rings (SSSR count). The summed E-state index contributed by atoms with van der Waals surface area (Å²) in [5.74, 6) is -0.211. The Kier molecular flexibility index (Phi) is 5.01. The Bertz CT molecular complexity index is 1060. The van der Waals surface area contributed by atoms with Crippen molar-refractivity contribution in [3.05, 3.63) is 39.8 Å². The highest BCUT2D eigenvalue weighted by molar-refractivity contribution is 7.07. The Labute approximate surface area is 168 Å². The first-order chi connectivity index (χ1) is 13.8. The monoisotopic (exact) mass is 424 g/mol. The van der Waals surface area contributed by atoms with Crippen LogP contribution in [0.15, 0.2) is 12.1 Å². The fourth-order valence-corrected chi connectivity index (χ4v) is 4.24. The van der Waals surface area contributed by atoms with E-state index < -0.39 is 17.9 Å². The molecule has 0 bridgehead atoms. The lowest BCUT2D eigenvalue weighted by molar-refractivity contribution is -0.142. The van der Waals surface area contributed by atoms with E-state index in [1.807, 2.05) is 0 Å². The van der Waals surface area contributed by atoms with E-state index in [0.29, 0.717) is 41.3 Å². The molecule has 0 N–H and O–H groups in total. The number of aromatic nitrogens is 5. The van der Waals surface area contributed by atoms with Crippen molar-refractivity contribution in [3.8, 4) is 0 Å². The van der Waals surface area contributed by atoms with Crippen molar-refractivity contribution in [2.75, 3.05) is 6.54 Å². The van der Waals surface area contributed by atoms with Gasteiger partial charge in [-0.1, -0.05) is 11.4 Å². The van der Waals surface area contributed by atoms with Crippen LogP contribution in [0.1, 0.15) is 64.7 Å². The number of carbonyl (C=O) groups is 1. The zero-order chi connectivity index (χ0) is 20.8. The average Bonchev–Trinajstić information content (AvgIpc) is 3.31. The van der Waals surface area contributed by atoms with E-state index in [9.17, 15) is 18.0 Å². The summed E-state index contributed by atoms with van der Waals surface area (Å²) in [5, 5.41) is 8.12. The van der Waals surface area contributed by atoms with Gasteiger partial charge >= 0.3 is 6.18 Å². The number of rotatable bonds is 3. The summed E-state index contributed by atoms with van der Waals surface area (Å²) in [4.78, 5) is 19.4. The molecule has 0 aromatic carbocycles. The molecule has 7 nitrogen and oxygen atoms in total. The van der Waals surface area contributed by atoms with Crippen molar-refractivity contribution in [3.63, 3.8) is 0 Å². The van der Waals surface area contributed by atoms with E-state index in [4.69, 9.17) is 0 Å². The Morgan fingerprint density at radius 3 is 2.76 bits per heavy atom. The third-order valence-corrected chi connectivity index (χ3v) is 5.92. The highest BCUT2D eigenvalue weighted by atomic mass is 32.1. The summed E-state index contributed by atoms with van der Waals surface area (Å²) in [7, 11) is 0. The van der Waals surface area contributed by atoms with E-state index in [0.717, 1.165) is 35.0 Å². The van der Waals surface area contributed by atoms with Crippen molar-refractivity contribution >= 4 is 23.1 Å². The van der Waals surface area contributed by atoms with Crippen molar-refractivity contribution in [1.29, 1.82) is 0 Å². The summed E-state index contributed by atoms with van der Waals surface area (Å²) in [6.45, 7) is 3.98. The lowest BCUT2D eigenvalue weighted by Crippen LogP contribution is -2.38. The fourth-order valence-electron chi connectivity index (χ4n) is 3.63. The van der Waals surface area contributed by atoms with E-state index >= 15 is 0 Å². The summed E-state index contributed by atoms with van der Waals surface area (Å²) < 4.78 is 45.3. The van der Waals surface area contributed by atoms with Crippen LogP contribution in [0.3, 0.4) is 0 Å². The average molecular weight is 424 g/mol. The van der Waals surface area contributed by atoms with E-state index in [1.54, 1.807) is 24.8 Å². The van der Waals surface area contributed by atoms with Gasteiger partial charge in [0, 0.05) is 18.3 Å². The maximum atomic E-state index is 13.6. The van der Waals surface area contributed by atoms with Crippen LogP contribution in [-0.4, -0.2) is 41.5 Å². The first kappa shape index (κ1) is 19.7. The van der Waals surface area contributed by atoms with Crippen LogP contribution in [-0.2, 0) is 12.6 Å². The molecule has 1 aliphatic rings. The zero-order valence-corrected chi connectivity index (χ0v) is 16.7. The topological polar surface area (TPSA) is 76.3 Å². The van der Waals surface area contributed by atoms with Gasteiger partial charge in [-0.25, -0.2) is 9.50 Å². The maximum Gasteiger partial charge on any atom is 0.433 e. The molecule has 3 aromatic rings. The number of piperidine rings is 1. The normalized spacial score (nSPS) is 17.8. The number of hydrogen-bond acceptors (Lipinski definition) is 6. The first-order valence-corrected chi connectivity index (χ1v) is 10.1. The molecule has 1 aliphatic heterocycles. The molecule has 0 saturated carbocycles. The largest absolute Gasteiger partial charge is 0.433 e. The summed E-state index contributed by atoms with van der Waals surface area (Å²) in [6, 6.07) is 2.17. The number of carbonyl (C=O) groups excluding carboxylic acids is 1. The van der Waals surface area contributed by atoms with Gasteiger partial charge in [0.2, 0.25) is 0 Å². The molecule has 4 heterocycles. The summed E-state index contributed by atoms with van der Waals surface area (Å²) in [6.07, 6.45) is -1.86. The third-order valence-electron chi connectivity index (χ3n) is 5.10. The molecule has 0 unspecified atom stereocenters. The third kappa shape index (κ3) is 3.59. The minimum absolute atomic E-state index is 0.139. The van der Waals surface area contributed by atoms with Crippen LogP contribution in [0.25, 0.3) is 5.65 Å². The van der Waals surface area contributed by atoms with Crippen LogP contribution < -0.4 is 0 Å². The van der Waals surface area contributed by atoms with Gasteiger partial charge in [0.25, 0.3) is 5.91 Å². The minimum Gasteiger partial charge on any atom is -0.329 e. The lowest BCUT2D eigenvalue weighted by Gasteiger charge is -2.34. The maximum absolute atomic E-state index is 13.6. The van der Waals surface area contributed by atoms with Crippen molar-refractivity contribution in [2.45, 2.75) is 51.7 Å². The van der Waals surface area contributed by atoms with Gasteiger partial charge < -0.3 is 4.90 Å². The second-order valence-corrected chi connectivity index (χ2v) is 7.77. The minimum atomic E-state index is -4.55. The number of hydrogen-bond donors (Lipinski definition) is 0. The lowest BCUT2D eigenvalue weighted by atomic mass is 9.99. The number of halogens is 3. The Morgan fingerprint density at radius 2 is 2.10 bits per heavy atom. The number of amides is 1. The molecule has 29 heavy (non-hydrogen) atoms. The number of nitrogens with zero attached hydrogens (tertiary/aromatic N) is 6. The highest BCUT2D eigenvalue weighted by Gasteiger charge is 2.37. The van der Waals surface area contributed by atoms with Crippen molar-refractivity contribution in [1.82, 2.24) is 29.1 Å². The van der Waals surface area contributed by atoms with Gasteiger partial charge in [-0.3, -0.25) is 4.79 Å². The number of alkyl halides is 3. The second kappa shape index (κ2) is 7.36. The van der Waals surface area contributed by atoms with Gasteiger partial charge in [0.1, 0.15) is 10.6 Å². The molecule has 1 atom stereocenters. The standard InChI is InChI=1S/C18H19F3N6OS/c1-3-11-8-14(18(19,20)21)27-15(22-11)9-12(24-27)13-6-4-5-7-26(13)17(28)16-10(2)23-25-29-16/h8-9,13H,3-7H2,1-2H3/t13-/m1/s1. The molecular weight excluding hydrogens is 405 g/mol. The Hall–Kier alpha value is -2.56. The van der Waals surface area contributed by atoms with E-state index in [1.165, 1.54) is 0 Å². The summed E-state index contributed by atoms with van der Waals surface area (Å²) in [5.41, 5.74) is 0.591. The molecule has 1 amide bonds.